The third-order valence-electron chi connectivity index (χ3n) is 3.74. The molecule has 0 radical (unpaired) electrons. The van der Waals surface area contributed by atoms with Gasteiger partial charge in [-0.15, -0.1) is 11.3 Å². The van der Waals surface area contributed by atoms with Gasteiger partial charge in [0.05, 0.1) is 5.69 Å². The maximum absolute atomic E-state index is 4.96. The lowest BCUT2D eigenvalue weighted by Gasteiger charge is -2.07. The van der Waals surface area contributed by atoms with Crippen molar-refractivity contribution in [1.29, 1.82) is 0 Å². The third-order valence-corrected chi connectivity index (χ3v) is 4.84. The number of nitrogens with one attached hydrogen (secondary N) is 1. The van der Waals surface area contributed by atoms with Crippen LogP contribution in [0.3, 0.4) is 0 Å². The summed E-state index contributed by atoms with van der Waals surface area (Å²) in [7, 11) is 0. The fraction of sp³-hybridized carbons (Fsp3) is 0.471. The molecule has 0 spiro atoms. The number of nitrogens with zero attached hydrogens (tertiary/aromatic N) is 1. The molecular weight excluding hydrogens is 264 g/mol. The Morgan fingerprint density at radius 1 is 1.30 bits per heavy atom. The lowest BCUT2D eigenvalue weighted by atomic mass is 10.1. The van der Waals surface area contributed by atoms with Crippen LogP contribution in [-0.2, 0) is 6.54 Å². The van der Waals surface area contributed by atoms with E-state index in [1.54, 1.807) is 0 Å². The molecule has 2 aromatic rings. The summed E-state index contributed by atoms with van der Waals surface area (Å²) in [5.41, 5.74) is 3.95. The van der Waals surface area contributed by atoms with E-state index >= 15 is 0 Å². The van der Waals surface area contributed by atoms with E-state index in [9.17, 15) is 0 Å². The summed E-state index contributed by atoms with van der Waals surface area (Å²) >= 11 is 1.86. The normalized spacial score (nSPS) is 15.0. The van der Waals surface area contributed by atoms with E-state index in [1.807, 2.05) is 11.3 Å². The van der Waals surface area contributed by atoms with Crippen molar-refractivity contribution in [1.82, 2.24) is 10.3 Å². The van der Waals surface area contributed by atoms with Crippen LogP contribution in [0.4, 0.5) is 0 Å². The summed E-state index contributed by atoms with van der Waals surface area (Å²) in [6, 6.07) is 9.07. The molecule has 0 atom stereocenters. The van der Waals surface area contributed by atoms with Crippen molar-refractivity contribution in [2.24, 2.45) is 0 Å². The molecule has 2 nitrogen and oxygen atoms in total. The van der Waals surface area contributed by atoms with E-state index in [-0.39, 0.29) is 0 Å². The first kappa shape index (κ1) is 13.8. The number of hydrogen-bond donors (Lipinski definition) is 1. The van der Waals surface area contributed by atoms with Gasteiger partial charge in [-0.3, -0.25) is 0 Å². The minimum Gasteiger partial charge on any atom is -0.310 e. The molecule has 0 saturated heterocycles. The highest BCUT2D eigenvalue weighted by Crippen LogP contribution is 2.44. The molecule has 0 amide bonds. The van der Waals surface area contributed by atoms with Crippen LogP contribution in [0.2, 0.25) is 0 Å². The zero-order chi connectivity index (χ0) is 14.1. The standard InChI is InChI=1S/C17H22N2S/c1-11(2)18-10-15-16(13-8-9-13)19-17(20-15)14-7-5-4-6-12(14)3/h4-7,11,13,18H,8-10H2,1-3H3. The Morgan fingerprint density at radius 3 is 2.70 bits per heavy atom. The highest BCUT2D eigenvalue weighted by Gasteiger charge is 2.29. The first-order chi connectivity index (χ1) is 9.65. The lowest BCUT2D eigenvalue weighted by Crippen LogP contribution is -2.21. The summed E-state index contributed by atoms with van der Waals surface area (Å²) < 4.78 is 0. The fourth-order valence-corrected chi connectivity index (χ4v) is 3.58. The van der Waals surface area contributed by atoms with Crippen molar-refractivity contribution in [3.05, 3.63) is 40.4 Å². The monoisotopic (exact) mass is 286 g/mol. The molecule has 106 valence electrons. The molecule has 3 rings (SSSR count). The van der Waals surface area contributed by atoms with Gasteiger partial charge in [0.2, 0.25) is 0 Å². The largest absolute Gasteiger partial charge is 0.310 e. The molecule has 1 N–H and O–H groups in total. The van der Waals surface area contributed by atoms with Gasteiger partial charge in [0, 0.05) is 28.9 Å². The van der Waals surface area contributed by atoms with Crippen LogP contribution in [0.25, 0.3) is 10.6 Å². The van der Waals surface area contributed by atoms with Crippen LogP contribution in [0.1, 0.15) is 48.7 Å². The van der Waals surface area contributed by atoms with Crippen LogP contribution in [-0.4, -0.2) is 11.0 Å². The zero-order valence-electron chi connectivity index (χ0n) is 12.4. The van der Waals surface area contributed by atoms with Crippen LogP contribution in [0, 0.1) is 6.92 Å². The van der Waals surface area contributed by atoms with Crippen LogP contribution in [0.15, 0.2) is 24.3 Å². The highest BCUT2D eigenvalue weighted by atomic mass is 32.1. The summed E-state index contributed by atoms with van der Waals surface area (Å²) in [6.45, 7) is 7.51. The van der Waals surface area contributed by atoms with E-state index in [4.69, 9.17) is 4.98 Å². The molecule has 1 aromatic heterocycles. The number of benzene rings is 1. The van der Waals surface area contributed by atoms with Crippen molar-refractivity contribution >= 4 is 11.3 Å². The van der Waals surface area contributed by atoms with E-state index < -0.39 is 0 Å². The van der Waals surface area contributed by atoms with E-state index in [0.717, 1.165) is 6.54 Å². The predicted octanol–water partition coefficient (Wildman–Crippen LogP) is 4.49. The molecule has 1 aliphatic rings. The van der Waals surface area contributed by atoms with E-state index in [2.05, 4.69) is 50.4 Å². The van der Waals surface area contributed by atoms with Gasteiger partial charge >= 0.3 is 0 Å². The molecule has 3 heteroatoms. The summed E-state index contributed by atoms with van der Waals surface area (Å²) in [5, 5.41) is 4.72. The molecule has 1 saturated carbocycles. The lowest BCUT2D eigenvalue weighted by molar-refractivity contribution is 0.590. The molecule has 0 unspecified atom stereocenters. The molecule has 0 bridgehead atoms. The fourth-order valence-electron chi connectivity index (χ4n) is 2.39. The molecule has 1 heterocycles. The zero-order valence-corrected chi connectivity index (χ0v) is 13.3. The van der Waals surface area contributed by atoms with E-state index in [1.165, 1.54) is 39.5 Å². The highest BCUT2D eigenvalue weighted by molar-refractivity contribution is 7.15. The molecule has 1 aromatic carbocycles. The van der Waals surface area contributed by atoms with Crippen LogP contribution >= 0.6 is 11.3 Å². The number of thiazole rings is 1. The summed E-state index contributed by atoms with van der Waals surface area (Å²) in [6.07, 6.45) is 2.62. The van der Waals surface area contributed by atoms with Crippen molar-refractivity contribution in [2.75, 3.05) is 0 Å². The third kappa shape index (κ3) is 2.94. The van der Waals surface area contributed by atoms with Gasteiger partial charge in [-0.05, 0) is 25.3 Å². The first-order valence-corrected chi connectivity index (χ1v) is 8.25. The molecular formula is C17H22N2S. The van der Waals surface area contributed by atoms with E-state index in [0.29, 0.717) is 12.0 Å². The Morgan fingerprint density at radius 2 is 2.05 bits per heavy atom. The number of hydrogen-bond acceptors (Lipinski definition) is 3. The Hall–Kier alpha value is -1.19. The maximum atomic E-state index is 4.96. The second-order valence-corrected chi connectivity index (χ2v) is 7.04. The average Bonchev–Trinajstić information content (AvgIpc) is 3.18. The molecule has 20 heavy (non-hydrogen) atoms. The predicted molar refractivity (Wildman–Crippen MR) is 86.2 cm³/mol. The number of aromatic nitrogens is 1. The Labute approximate surface area is 125 Å². The second-order valence-electron chi connectivity index (χ2n) is 5.95. The Kier molecular flexibility index (Phi) is 3.90. The maximum Gasteiger partial charge on any atom is 0.124 e. The van der Waals surface area contributed by atoms with Gasteiger partial charge in [0.1, 0.15) is 5.01 Å². The molecule has 1 fully saturated rings. The van der Waals surface area contributed by atoms with Gasteiger partial charge < -0.3 is 5.32 Å². The van der Waals surface area contributed by atoms with Gasteiger partial charge in [0.15, 0.2) is 0 Å². The number of rotatable bonds is 5. The quantitative estimate of drug-likeness (QED) is 0.875. The molecule has 0 aliphatic heterocycles. The van der Waals surface area contributed by atoms with Crippen LogP contribution in [0.5, 0.6) is 0 Å². The topological polar surface area (TPSA) is 24.9 Å². The van der Waals surface area contributed by atoms with Crippen molar-refractivity contribution in [3.8, 4) is 10.6 Å². The SMILES string of the molecule is Cc1ccccc1-c1nc(C2CC2)c(CNC(C)C)s1. The van der Waals surface area contributed by atoms with Crippen LogP contribution < -0.4 is 5.32 Å². The smallest absolute Gasteiger partial charge is 0.124 e. The Bertz CT molecular complexity index is 597. The first-order valence-electron chi connectivity index (χ1n) is 7.44. The Balaban J connectivity index is 1.93. The van der Waals surface area contributed by atoms with Gasteiger partial charge in [-0.25, -0.2) is 4.98 Å². The summed E-state index contributed by atoms with van der Waals surface area (Å²) in [4.78, 5) is 6.39. The number of aryl methyl sites for hydroxylation is 1. The van der Waals surface area contributed by atoms with Crippen molar-refractivity contribution < 1.29 is 0 Å². The molecule has 1 aliphatic carbocycles. The average molecular weight is 286 g/mol. The van der Waals surface area contributed by atoms with Gasteiger partial charge in [-0.2, -0.15) is 0 Å². The summed E-state index contributed by atoms with van der Waals surface area (Å²) in [5.74, 6) is 0.716. The van der Waals surface area contributed by atoms with Crippen molar-refractivity contribution in [2.45, 2.75) is 52.1 Å². The van der Waals surface area contributed by atoms with Gasteiger partial charge in [0.25, 0.3) is 0 Å². The minimum atomic E-state index is 0.520. The van der Waals surface area contributed by atoms with Gasteiger partial charge in [-0.1, -0.05) is 38.1 Å². The van der Waals surface area contributed by atoms with Crippen molar-refractivity contribution in [3.63, 3.8) is 0 Å². The minimum absolute atomic E-state index is 0.520. The second kappa shape index (κ2) is 5.66.